The fourth-order valence-electron chi connectivity index (χ4n) is 3.21. The summed E-state index contributed by atoms with van der Waals surface area (Å²) in [6.07, 6.45) is 0.842. The average Bonchev–Trinajstić information content (AvgIpc) is 2.76. The lowest BCUT2D eigenvalue weighted by atomic mass is 9.94. The number of ether oxygens (including phenoxy) is 1. The molecule has 0 fully saturated rings. The average molecular weight is 367 g/mol. The van der Waals surface area contributed by atoms with Crippen molar-refractivity contribution in [3.63, 3.8) is 0 Å². The number of hydrogen-bond donors (Lipinski definition) is 0. The fourth-order valence-corrected chi connectivity index (χ4v) is 3.21. The molecule has 0 aliphatic carbocycles. The first-order chi connectivity index (χ1) is 13.8. The Morgan fingerprint density at radius 3 is 2.00 bits per heavy atom. The minimum atomic E-state index is 0.0310. The summed E-state index contributed by atoms with van der Waals surface area (Å²) in [6.45, 7) is 4.89. The summed E-state index contributed by atoms with van der Waals surface area (Å²) >= 11 is 0. The van der Waals surface area contributed by atoms with Crippen molar-refractivity contribution in [2.75, 3.05) is 6.61 Å². The molecule has 1 heteroatoms. The topological polar surface area (TPSA) is 9.23 Å². The van der Waals surface area contributed by atoms with Crippen molar-refractivity contribution in [3.05, 3.63) is 113 Å². The van der Waals surface area contributed by atoms with Crippen LogP contribution < -0.4 is 0 Å². The van der Waals surface area contributed by atoms with Crippen LogP contribution in [-0.4, -0.2) is 6.61 Å². The second-order valence-corrected chi connectivity index (χ2v) is 6.70. The Labute approximate surface area is 168 Å². The molecule has 0 amide bonds. The van der Waals surface area contributed by atoms with E-state index in [1.807, 2.05) is 49.4 Å². The summed E-state index contributed by atoms with van der Waals surface area (Å²) in [5, 5.41) is 0. The predicted molar refractivity (Wildman–Crippen MR) is 118 cm³/mol. The second kappa shape index (κ2) is 10.3. The third-order valence-corrected chi connectivity index (χ3v) is 4.63. The van der Waals surface area contributed by atoms with Gasteiger partial charge in [0.05, 0.1) is 6.10 Å². The molecule has 140 valence electrons. The van der Waals surface area contributed by atoms with Gasteiger partial charge in [0.15, 0.2) is 0 Å². The molecule has 1 nitrogen and oxygen atoms in total. The van der Waals surface area contributed by atoms with Gasteiger partial charge in [-0.15, -0.1) is 0 Å². The molecule has 1 atom stereocenters. The highest BCUT2D eigenvalue weighted by Gasteiger charge is 2.14. The molecule has 0 saturated heterocycles. The summed E-state index contributed by atoms with van der Waals surface area (Å²) in [5.74, 6) is 6.75. The van der Waals surface area contributed by atoms with Crippen LogP contribution in [0.1, 0.15) is 43.1 Å². The monoisotopic (exact) mass is 366 g/mol. The molecule has 0 aromatic heterocycles. The largest absolute Gasteiger partial charge is 0.373 e. The van der Waals surface area contributed by atoms with Crippen molar-refractivity contribution in [3.8, 4) is 11.8 Å². The molecule has 28 heavy (non-hydrogen) atoms. The number of rotatable bonds is 6. The maximum Gasteiger partial charge on any atom is 0.0862 e. The van der Waals surface area contributed by atoms with Crippen LogP contribution in [0, 0.1) is 11.8 Å². The van der Waals surface area contributed by atoms with Gasteiger partial charge in [0, 0.05) is 17.7 Å². The molecule has 3 aromatic rings. The molecule has 3 rings (SSSR count). The summed E-state index contributed by atoms with van der Waals surface area (Å²) in [7, 11) is 0. The van der Waals surface area contributed by atoms with Gasteiger partial charge in [-0.25, -0.2) is 0 Å². The zero-order chi connectivity index (χ0) is 19.6. The van der Waals surface area contributed by atoms with Gasteiger partial charge in [-0.05, 0) is 43.5 Å². The van der Waals surface area contributed by atoms with Gasteiger partial charge < -0.3 is 4.74 Å². The predicted octanol–water partition coefficient (Wildman–Crippen LogP) is 6.68. The van der Waals surface area contributed by atoms with Crippen molar-refractivity contribution >= 4 is 5.57 Å². The van der Waals surface area contributed by atoms with Crippen molar-refractivity contribution in [2.24, 2.45) is 0 Å². The van der Waals surface area contributed by atoms with Crippen LogP contribution >= 0.6 is 0 Å². The summed E-state index contributed by atoms with van der Waals surface area (Å²) in [6, 6.07) is 30.9. The highest BCUT2D eigenvalue weighted by Crippen LogP contribution is 2.29. The van der Waals surface area contributed by atoms with E-state index < -0.39 is 0 Å². The van der Waals surface area contributed by atoms with E-state index in [9.17, 15) is 0 Å². The molecule has 1 unspecified atom stereocenters. The molecule has 0 spiro atoms. The van der Waals surface area contributed by atoms with Gasteiger partial charge in [-0.2, -0.15) is 0 Å². The van der Waals surface area contributed by atoms with Crippen LogP contribution in [-0.2, 0) is 4.74 Å². The fraction of sp³-hybridized carbons (Fsp3) is 0.185. The van der Waals surface area contributed by atoms with Crippen LogP contribution in [0.25, 0.3) is 5.57 Å². The van der Waals surface area contributed by atoms with Crippen LogP contribution in [0.15, 0.2) is 96.6 Å². The molecule has 0 bridgehead atoms. The van der Waals surface area contributed by atoms with E-state index in [-0.39, 0.29) is 6.10 Å². The van der Waals surface area contributed by atoms with Crippen molar-refractivity contribution in [1.29, 1.82) is 0 Å². The first-order valence-electron chi connectivity index (χ1n) is 9.76. The second-order valence-electron chi connectivity index (χ2n) is 6.70. The lowest BCUT2D eigenvalue weighted by Gasteiger charge is -2.19. The SMILES string of the molecule is CCOC(C/C(C)=C(/C#Cc1ccccc1)c1ccccc1)c1ccccc1. The highest BCUT2D eigenvalue weighted by molar-refractivity contribution is 5.81. The number of allylic oxidation sites excluding steroid dienone is 1. The quantitative estimate of drug-likeness (QED) is 0.442. The lowest BCUT2D eigenvalue weighted by molar-refractivity contribution is 0.0629. The molecule has 0 aliphatic heterocycles. The summed E-state index contributed by atoms with van der Waals surface area (Å²) in [4.78, 5) is 0. The van der Waals surface area contributed by atoms with Crippen molar-refractivity contribution in [2.45, 2.75) is 26.4 Å². The Hall–Kier alpha value is -3.08. The van der Waals surface area contributed by atoms with E-state index in [0.717, 1.165) is 23.1 Å². The molecule has 0 heterocycles. The van der Waals surface area contributed by atoms with Crippen molar-refractivity contribution in [1.82, 2.24) is 0 Å². The molecule has 0 saturated carbocycles. The first-order valence-corrected chi connectivity index (χ1v) is 9.76. The van der Waals surface area contributed by atoms with E-state index in [4.69, 9.17) is 4.74 Å². The maximum atomic E-state index is 6.07. The van der Waals surface area contributed by atoms with Crippen LogP contribution in [0.5, 0.6) is 0 Å². The molecular formula is C27H26O. The highest BCUT2D eigenvalue weighted by atomic mass is 16.5. The van der Waals surface area contributed by atoms with E-state index in [1.165, 1.54) is 11.1 Å². The van der Waals surface area contributed by atoms with Crippen LogP contribution in [0.4, 0.5) is 0 Å². The lowest BCUT2D eigenvalue weighted by Crippen LogP contribution is -2.05. The van der Waals surface area contributed by atoms with Crippen LogP contribution in [0.2, 0.25) is 0 Å². The molecular weight excluding hydrogens is 340 g/mol. The molecule has 0 N–H and O–H groups in total. The minimum Gasteiger partial charge on any atom is -0.373 e. The van der Waals surface area contributed by atoms with Gasteiger partial charge in [0.25, 0.3) is 0 Å². The van der Waals surface area contributed by atoms with Crippen LogP contribution in [0.3, 0.4) is 0 Å². The zero-order valence-corrected chi connectivity index (χ0v) is 16.6. The zero-order valence-electron chi connectivity index (χ0n) is 16.6. The summed E-state index contributed by atoms with van der Waals surface area (Å²) in [5.41, 5.74) is 5.68. The number of hydrogen-bond acceptors (Lipinski definition) is 1. The third kappa shape index (κ3) is 5.46. The van der Waals surface area contributed by atoms with Crippen molar-refractivity contribution < 1.29 is 4.74 Å². The summed E-state index contributed by atoms with van der Waals surface area (Å²) < 4.78 is 6.07. The van der Waals surface area contributed by atoms with Gasteiger partial charge in [0.1, 0.15) is 0 Å². The first kappa shape index (κ1) is 19.7. The van der Waals surface area contributed by atoms with E-state index in [1.54, 1.807) is 0 Å². The maximum absolute atomic E-state index is 6.07. The van der Waals surface area contributed by atoms with Gasteiger partial charge in [-0.3, -0.25) is 0 Å². The standard InChI is InChI=1S/C27H26O/c1-3-28-27(25-17-11-6-12-18-25)21-22(2)26(24-15-9-5-10-16-24)20-19-23-13-7-4-8-14-23/h4-18,27H,3,21H2,1-2H3/b26-22-. The van der Waals surface area contributed by atoms with Gasteiger partial charge in [0.2, 0.25) is 0 Å². The molecule has 3 aromatic carbocycles. The number of benzene rings is 3. The Morgan fingerprint density at radius 1 is 0.821 bits per heavy atom. The molecule has 0 aliphatic rings. The van der Waals surface area contributed by atoms with Gasteiger partial charge >= 0.3 is 0 Å². The molecule has 0 radical (unpaired) electrons. The smallest absolute Gasteiger partial charge is 0.0862 e. The Kier molecular flexibility index (Phi) is 7.24. The third-order valence-electron chi connectivity index (χ3n) is 4.63. The normalized spacial score (nSPS) is 12.5. The van der Waals surface area contributed by atoms with E-state index >= 15 is 0 Å². The van der Waals surface area contributed by atoms with E-state index in [2.05, 4.69) is 67.3 Å². The minimum absolute atomic E-state index is 0.0310. The van der Waals surface area contributed by atoms with E-state index in [0.29, 0.717) is 6.61 Å². The Balaban J connectivity index is 1.97. The Morgan fingerprint density at radius 2 is 1.39 bits per heavy atom. The Bertz CT molecular complexity index is 945. The van der Waals surface area contributed by atoms with Gasteiger partial charge in [-0.1, -0.05) is 96.3 Å².